The third kappa shape index (κ3) is 4.02. The molecule has 0 amide bonds. The van der Waals surface area contributed by atoms with Crippen molar-refractivity contribution in [1.82, 2.24) is 9.97 Å². The van der Waals surface area contributed by atoms with Crippen LogP contribution in [0, 0.1) is 6.92 Å². The third-order valence-electron chi connectivity index (χ3n) is 2.37. The molecule has 1 aromatic rings. The number of hydrogen-bond donors (Lipinski definition) is 2. The van der Waals surface area contributed by atoms with Crippen LogP contribution in [0.25, 0.3) is 0 Å². The van der Waals surface area contributed by atoms with Crippen LogP contribution in [0.4, 0.5) is 5.82 Å². The van der Waals surface area contributed by atoms with E-state index in [0.29, 0.717) is 11.7 Å². The van der Waals surface area contributed by atoms with Gasteiger partial charge in [0.1, 0.15) is 11.6 Å². The van der Waals surface area contributed by atoms with E-state index < -0.39 is 0 Å². The Morgan fingerprint density at radius 2 is 2.25 bits per heavy atom. The monoisotopic (exact) mass is 224 g/mol. The van der Waals surface area contributed by atoms with Gasteiger partial charge in [0.2, 0.25) is 5.88 Å². The molecule has 1 aromatic heterocycles. The van der Waals surface area contributed by atoms with Crippen molar-refractivity contribution in [2.24, 2.45) is 5.73 Å². The van der Waals surface area contributed by atoms with Crippen LogP contribution in [-0.4, -0.2) is 29.7 Å². The van der Waals surface area contributed by atoms with Crippen molar-refractivity contribution in [2.75, 3.05) is 19.0 Å². The van der Waals surface area contributed by atoms with Gasteiger partial charge in [0.25, 0.3) is 0 Å². The zero-order valence-corrected chi connectivity index (χ0v) is 10.2. The molecule has 1 unspecified atom stereocenters. The second kappa shape index (κ2) is 6.27. The van der Waals surface area contributed by atoms with Gasteiger partial charge in [-0.05, 0) is 19.8 Å². The van der Waals surface area contributed by atoms with E-state index in [-0.39, 0.29) is 6.04 Å². The number of rotatable bonds is 6. The summed E-state index contributed by atoms with van der Waals surface area (Å²) in [6.45, 7) is 4.74. The molecule has 16 heavy (non-hydrogen) atoms. The van der Waals surface area contributed by atoms with Crippen molar-refractivity contribution in [2.45, 2.75) is 32.7 Å². The average Bonchev–Trinajstić information content (AvgIpc) is 2.28. The minimum atomic E-state index is 0.248. The summed E-state index contributed by atoms with van der Waals surface area (Å²) in [6, 6.07) is 2.03. The third-order valence-corrected chi connectivity index (χ3v) is 2.37. The van der Waals surface area contributed by atoms with Crippen LogP contribution in [0.3, 0.4) is 0 Å². The fourth-order valence-electron chi connectivity index (χ4n) is 1.33. The summed E-state index contributed by atoms with van der Waals surface area (Å²) < 4.78 is 5.07. The van der Waals surface area contributed by atoms with E-state index in [1.807, 2.05) is 6.92 Å². The fourth-order valence-corrected chi connectivity index (χ4v) is 1.33. The molecule has 3 N–H and O–H groups in total. The number of nitrogens with two attached hydrogens (primary N) is 1. The Morgan fingerprint density at radius 3 is 2.88 bits per heavy atom. The zero-order valence-electron chi connectivity index (χ0n) is 10.2. The van der Waals surface area contributed by atoms with Gasteiger partial charge in [-0.2, -0.15) is 4.98 Å². The van der Waals surface area contributed by atoms with Gasteiger partial charge >= 0.3 is 0 Å². The average molecular weight is 224 g/mol. The Bertz CT molecular complexity index is 330. The summed E-state index contributed by atoms with van der Waals surface area (Å²) in [5.41, 5.74) is 5.83. The molecular formula is C11H20N4O. The van der Waals surface area contributed by atoms with Gasteiger partial charge in [-0.1, -0.05) is 6.92 Å². The lowest BCUT2D eigenvalue weighted by Crippen LogP contribution is -2.22. The van der Waals surface area contributed by atoms with E-state index in [9.17, 15) is 0 Å². The summed E-state index contributed by atoms with van der Waals surface area (Å²) in [4.78, 5) is 8.38. The van der Waals surface area contributed by atoms with Gasteiger partial charge < -0.3 is 15.8 Å². The van der Waals surface area contributed by atoms with E-state index in [2.05, 4.69) is 22.2 Å². The fraction of sp³-hybridized carbons (Fsp3) is 0.636. The quantitative estimate of drug-likeness (QED) is 0.762. The molecule has 0 bridgehead atoms. The minimum Gasteiger partial charge on any atom is -0.481 e. The molecule has 0 aliphatic heterocycles. The maximum Gasteiger partial charge on any atom is 0.218 e. The Morgan fingerprint density at radius 1 is 1.50 bits per heavy atom. The molecule has 0 fully saturated rings. The van der Waals surface area contributed by atoms with E-state index >= 15 is 0 Å². The molecule has 0 saturated carbocycles. The number of hydrogen-bond acceptors (Lipinski definition) is 5. The predicted octanol–water partition coefficient (Wildman–Crippen LogP) is 1.33. The highest BCUT2D eigenvalue weighted by molar-refractivity contribution is 5.38. The molecule has 90 valence electrons. The van der Waals surface area contributed by atoms with Crippen molar-refractivity contribution in [3.63, 3.8) is 0 Å². The van der Waals surface area contributed by atoms with Crippen molar-refractivity contribution < 1.29 is 4.74 Å². The van der Waals surface area contributed by atoms with Gasteiger partial charge in [-0.3, -0.25) is 0 Å². The summed E-state index contributed by atoms with van der Waals surface area (Å²) in [5, 5.41) is 3.21. The number of ether oxygens (including phenoxy) is 1. The SMILES string of the molecule is CCC(N)CCNc1cc(OC)nc(C)n1. The molecule has 0 saturated heterocycles. The standard InChI is InChI=1S/C11H20N4O/c1-4-9(12)5-6-13-10-7-11(16-3)15-8(2)14-10/h7,9H,4-6,12H2,1-3H3,(H,13,14,15). The molecule has 0 aliphatic rings. The van der Waals surface area contributed by atoms with Crippen molar-refractivity contribution in [1.29, 1.82) is 0 Å². The van der Waals surface area contributed by atoms with Crippen molar-refractivity contribution in [3.8, 4) is 5.88 Å². The van der Waals surface area contributed by atoms with Gasteiger partial charge in [0.15, 0.2) is 0 Å². The first-order valence-corrected chi connectivity index (χ1v) is 5.54. The number of anilines is 1. The highest BCUT2D eigenvalue weighted by Crippen LogP contribution is 2.12. The van der Waals surface area contributed by atoms with E-state index in [0.717, 1.165) is 25.2 Å². The van der Waals surface area contributed by atoms with E-state index in [4.69, 9.17) is 10.5 Å². The number of aryl methyl sites for hydroxylation is 1. The first kappa shape index (κ1) is 12.7. The van der Waals surface area contributed by atoms with E-state index in [1.165, 1.54) is 0 Å². The second-order valence-electron chi connectivity index (χ2n) is 3.73. The van der Waals surface area contributed by atoms with Gasteiger partial charge in [-0.15, -0.1) is 0 Å². The van der Waals surface area contributed by atoms with Crippen LogP contribution < -0.4 is 15.8 Å². The highest BCUT2D eigenvalue weighted by atomic mass is 16.5. The Balaban J connectivity index is 2.50. The molecule has 0 radical (unpaired) electrons. The minimum absolute atomic E-state index is 0.248. The van der Waals surface area contributed by atoms with Crippen molar-refractivity contribution in [3.05, 3.63) is 11.9 Å². The Kier molecular flexibility index (Phi) is 4.98. The number of aromatic nitrogens is 2. The molecule has 5 nitrogen and oxygen atoms in total. The first-order chi connectivity index (χ1) is 7.65. The normalized spacial score (nSPS) is 12.2. The second-order valence-corrected chi connectivity index (χ2v) is 3.73. The Hall–Kier alpha value is -1.36. The smallest absolute Gasteiger partial charge is 0.218 e. The zero-order chi connectivity index (χ0) is 12.0. The van der Waals surface area contributed by atoms with Crippen LogP contribution in [0.1, 0.15) is 25.6 Å². The summed E-state index contributed by atoms with van der Waals surface area (Å²) in [6.07, 6.45) is 1.93. The lowest BCUT2D eigenvalue weighted by Gasteiger charge is -2.10. The van der Waals surface area contributed by atoms with Gasteiger partial charge in [-0.25, -0.2) is 4.98 Å². The molecule has 0 spiro atoms. The molecule has 1 atom stereocenters. The van der Waals surface area contributed by atoms with Crippen LogP contribution in [0.5, 0.6) is 5.88 Å². The predicted molar refractivity (Wildman–Crippen MR) is 64.7 cm³/mol. The molecular weight excluding hydrogens is 204 g/mol. The maximum absolute atomic E-state index is 5.83. The molecule has 0 aliphatic carbocycles. The molecule has 5 heteroatoms. The van der Waals surface area contributed by atoms with Crippen LogP contribution in [0.2, 0.25) is 0 Å². The number of methoxy groups -OCH3 is 1. The number of nitrogens with one attached hydrogen (secondary N) is 1. The summed E-state index contributed by atoms with van der Waals surface area (Å²) in [7, 11) is 1.60. The first-order valence-electron chi connectivity index (χ1n) is 5.54. The topological polar surface area (TPSA) is 73.1 Å². The lowest BCUT2D eigenvalue weighted by atomic mass is 10.2. The molecule has 1 rings (SSSR count). The molecule has 1 heterocycles. The molecule has 0 aromatic carbocycles. The van der Waals surface area contributed by atoms with E-state index in [1.54, 1.807) is 13.2 Å². The van der Waals surface area contributed by atoms with Crippen LogP contribution in [0.15, 0.2) is 6.07 Å². The van der Waals surface area contributed by atoms with Gasteiger partial charge in [0.05, 0.1) is 7.11 Å². The highest BCUT2D eigenvalue weighted by Gasteiger charge is 2.02. The lowest BCUT2D eigenvalue weighted by molar-refractivity contribution is 0.396. The summed E-state index contributed by atoms with van der Waals surface area (Å²) >= 11 is 0. The largest absolute Gasteiger partial charge is 0.481 e. The summed E-state index contributed by atoms with van der Waals surface area (Å²) in [5.74, 6) is 2.06. The van der Waals surface area contributed by atoms with Crippen molar-refractivity contribution >= 4 is 5.82 Å². The van der Waals surface area contributed by atoms with Gasteiger partial charge in [0, 0.05) is 18.7 Å². The van der Waals surface area contributed by atoms with Crippen LogP contribution in [-0.2, 0) is 0 Å². The maximum atomic E-state index is 5.83. The Labute approximate surface area is 96.4 Å². The number of nitrogens with zero attached hydrogens (tertiary/aromatic N) is 2. The van der Waals surface area contributed by atoms with Crippen LogP contribution >= 0.6 is 0 Å².